The van der Waals surface area contributed by atoms with E-state index in [1.54, 1.807) is 6.26 Å². The molecule has 0 aromatic carbocycles. The summed E-state index contributed by atoms with van der Waals surface area (Å²) in [7, 11) is 0. The highest BCUT2D eigenvalue weighted by atomic mass is 32.2. The molecule has 0 saturated carbocycles. The van der Waals surface area contributed by atoms with Gasteiger partial charge < -0.3 is 10.1 Å². The summed E-state index contributed by atoms with van der Waals surface area (Å²) in [5, 5.41) is 1.20. The van der Waals surface area contributed by atoms with Crippen molar-refractivity contribution in [2.45, 2.75) is 37.4 Å². The van der Waals surface area contributed by atoms with Crippen molar-refractivity contribution in [2.75, 3.05) is 18.6 Å². The highest BCUT2D eigenvalue weighted by Crippen LogP contribution is 2.46. The monoisotopic (exact) mass is 373 g/mol. The Morgan fingerprint density at radius 1 is 1.13 bits per heavy atom. The maximum atomic E-state index is 13.2. The molecule has 1 atom stereocenters. The molecular weight excluding hydrogens is 359 g/mol. The Morgan fingerprint density at radius 2 is 1.65 bits per heavy atom. The van der Waals surface area contributed by atoms with E-state index in [9.17, 15) is 40.3 Å². The van der Waals surface area contributed by atoms with Crippen molar-refractivity contribution in [1.82, 2.24) is 5.32 Å². The van der Waals surface area contributed by atoms with Gasteiger partial charge >= 0.3 is 24.0 Å². The Morgan fingerprint density at radius 3 is 2.04 bits per heavy atom. The lowest BCUT2D eigenvalue weighted by atomic mass is 10.1. The summed E-state index contributed by atoms with van der Waals surface area (Å²) in [5.41, 5.74) is 0. The highest BCUT2D eigenvalue weighted by Gasteiger charge is 2.76. The van der Waals surface area contributed by atoms with Crippen LogP contribution in [0.3, 0.4) is 0 Å². The molecule has 0 saturated heterocycles. The lowest BCUT2D eigenvalue weighted by molar-refractivity contribution is -0.344. The van der Waals surface area contributed by atoms with Gasteiger partial charge in [0.25, 0.3) is 5.91 Å². The topological polar surface area (TPSA) is 55.4 Å². The zero-order valence-corrected chi connectivity index (χ0v) is 12.8. The van der Waals surface area contributed by atoms with Gasteiger partial charge in [0, 0.05) is 0 Å². The van der Waals surface area contributed by atoms with E-state index in [1.807, 2.05) is 0 Å². The minimum Gasteiger partial charge on any atom is -0.464 e. The first kappa shape index (κ1) is 21.8. The van der Waals surface area contributed by atoms with Crippen molar-refractivity contribution in [1.29, 1.82) is 0 Å². The minimum atomic E-state index is -6.63. The van der Waals surface area contributed by atoms with E-state index in [4.69, 9.17) is 0 Å². The van der Waals surface area contributed by atoms with E-state index in [-0.39, 0.29) is 18.8 Å². The molecule has 1 amide bonds. The van der Waals surface area contributed by atoms with Gasteiger partial charge in [-0.05, 0) is 25.4 Å². The number of amides is 1. The third-order valence-electron chi connectivity index (χ3n) is 2.52. The molecule has 0 bridgehead atoms. The first-order chi connectivity index (χ1) is 10.3. The van der Waals surface area contributed by atoms with Gasteiger partial charge in [0.15, 0.2) is 0 Å². The Kier molecular flexibility index (Phi) is 7.64. The molecule has 0 aliphatic heterocycles. The molecular formula is C11H14F7NO3S. The summed E-state index contributed by atoms with van der Waals surface area (Å²) in [6.07, 6.45) is -5.34. The standard InChI is InChI=1S/C11H14F7NO3S/c1-3-22-7(20)6(4-5-23-2)19-8(21)9(12,13)10(14,15)11(16,17)18/h6H,3-5H2,1-2H3,(H,19,21). The molecule has 12 heteroatoms. The summed E-state index contributed by atoms with van der Waals surface area (Å²) in [6.45, 7) is 1.16. The molecule has 0 radical (unpaired) electrons. The molecule has 0 aliphatic carbocycles. The van der Waals surface area contributed by atoms with Gasteiger partial charge in [0.05, 0.1) is 6.61 Å². The number of carbonyl (C=O) groups excluding carboxylic acids is 2. The maximum Gasteiger partial charge on any atom is 0.460 e. The van der Waals surface area contributed by atoms with Crippen molar-refractivity contribution in [3.63, 3.8) is 0 Å². The van der Waals surface area contributed by atoms with Crippen LogP contribution in [0, 0.1) is 0 Å². The Hall–Kier alpha value is -1.20. The molecule has 0 spiro atoms. The zero-order chi connectivity index (χ0) is 18.5. The van der Waals surface area contributed by atoms with Crippen LogP contribution in [-0.4, -0.2) is 54.6 Å². The number of thioether (sulfide) groups is 1. The number of rotatable bonds is 8. The average Bonchev–Trinajstić information content (AvgIpc) is 2.41. The first-order valence-electron chi connectivity index (χ1n) is 6.11. The number of esters is 1. The number of ether oxygens (including phenoxy) is 1. The smallest absolute Gasteiger partial charge is 0.460 e. The molecule has 0 heterocycles. The molecule has 136 valence electrons. The maximum absolute atomic E-state index is 13.2. The fraction of sp³-hybridized carbons (Fsp3) is 0.818. The van der Waals surface area contributed by atoms with Crippen molar-refractivity contribution in [2.24, 2.45) is 0 Å². The van der Waals surface area contributed by atoms with Crippen molar-refractivity contribution in [3.05, 3.63) is 0 Å². The predicted molar refractivity (Wildman–Crippen MR) is 67.5 cm³/mol. The molecule has 1 N–H and O–H groups in total. The summed E-state index contributed by atoms with van der Waals surface area (Å²) < 4.78 is 92.3. The van der Waals surface area contributed by atoms with Gasteiger partial charge in [-0.25, -0.2) is 4.79 Å². The van der Waals surface area contributed by atoms with Gasteiger partial charge in [0.2, 0.25) is 0 Å². The van der Waals surface area contributed by atoms with Crippen LogP contribution in [0.5, 0.6) is 0 Å². The van der Waals surface area contributed by atoms with Crippen LogP contribution in [-0.2, 0) is 14.3 Å². The molecule has 0 rings (SSSR count). The quantitative estimate of drug-likeness (QED) is 0.525. The molecule has 0 aliphatic rings. The molecule has 1 unspecified atom stereocenters. The van der Waals surface area contributed by atoms with Crippen LogP contribution in [0.4, 0.5) is 30.7 Å². The zero-order valence-electron chi connectivity index (χ0n) is 12.0. The second kappa shape index (κ2) is 8.06. The SMILES string of the molecule is CCOC(=O)C(CCSC)NC(=O)C(F)(F)C(F)(F)C(F)(F)F. The number of hydrogen-bond donors (Lipinski definition) is 1. The Labute approximate surface area is 131 Å². The van der Waals surface area contributed by atoms with Crippen LogP contribution < -0.4 is 5.32 Å². The lowest BCUT2D eigenvalue weighted by Crippen LogP contribution is -2.61. The molecule has 4 nitrogen and oxygen atoms in total. The molecule has 23 heavy (non-hydrogen) atoms. The largest absolute Gasteiger partial charge is 0.464 e. The molecule has 0 fully saturated rings. The van der Waals surface area contributed by atoms with Gasteiger partial charge in [-0.15, -0.1) is 0 Å². The van der Waals surface area contributed by atoms with Crippen LogP contribution >= 0.6 is 11.8 Å². The number of nitrogens with one attached hydrogen (secondary N) is 1. The van der Waals surface area contributed by atoms with Crippen molar-refractivity contribution in [3.8, 4) is 0 Å². The second-order valence-corrected chi connectivity index (χ2v) is 5.19. The number of alkyl halides is 7. The molecule has 0 aromatic heterocycles. The van der Waals surface area contributed by atoms with Gasteiger partial charge in [-0.1, -0.05) is 0 Å². The Balaban J connectivity index is 5.27. The number of hydrogen-bond acceptors (Lipinski definition) is 4. The van der Waals surface area contributed by atoms with Crippen LogP contribution in [0.1, 0.15) is 13.3 Å². The first-order valence-corrected chi connectivity index (χ1v) is 7.51. The fourth-order valence-electron chi connectivity index (χ4n) is 1.30. The van der Waals surface area contributed by atoms with Crippen LogP contribution in [0.15, 0.2) is 0 Å². The van der Waals surface area contributed by atoms with E-state index in [0.29, 0.717) is 0 Å². The van der Waals surface area contributed by atoms with E-state index in [1.165, 1.54) is 12.2 Å². The van der Waals surface area contributed by atoms with Gasteiger partial charge in [-0.3, -0.25) is 4.79 Å². The third-order valence-corrected chi connectivity index (χ3v) is 3.17. The number of carbonyl (C=O) groups is 2. The van der Waals surface area contributed by atoms with Gasteiger partial charge in [0.1, 0.15) is 6.04 Å². The molecule has 0 aromatic rings. The third kappa shape index (κ3) is 5.15. The lowest BCUT2D eigenvalue weighted by Gasteiger charge is -2.28. The van der Waals surface area contributed by atoms with E-state index in [0.717, 1.165) is 11.8 Å². The van der Waals surface area contributed by atoms with Crippen molar-refractivity contribution < 1.29 is 45.1 Å². The Bertz CT molecular complexity index is 428. The van der Waals surface area contributed by atoms with E-state index < -0.39 is 35.9 Å². The van der Waals surface area contributed by atoms with Crippen LogP contribution in [0.2, 0.25) is 0 Å². The predicted octanol–water partition coefficient (Wildman–Crippen LogP) is 2.62. The van der Waals surface area contributed by atoms with Crippen molar-refractivity contribution >= 4 is 23.6 Å². The van der Waals surface area contributed by atoms with Crippen LogP contribution in [0.25, 0.3) is 0 Å². The summed E-state index contributed by atoms with van der Waals surface area (Å²) in [5.74, 6) is -16.6. The minimum absolute atomic E-state index is 0.144. The van der Waals surface area contributed by atoms with E-state index in [2.05, 4.69) is 4.74 Å². The van der Waals surface area contributed by atoms with Gasteiger partial charge in [-0.2, -0.15) is 42.5 Å². The summed E-state index contributed by atoms with van der Waals surface area (Å²) >= 11 is 1.14. The average molecular weight is 373 g/mol. The van der Waals surface area contributed by atoms with E-state index >= 15 is 0 Å². The highest BCUT2D eigenvalue weighted by molar-refractivity contribution is 7.98. The second-order valence-electron chi connectivity index (χ2n) is 4.21. The summed E-state index contributed by atoms with van der Waals surface area (Å²) in [6, 6.07) is -1.76. The normalized spacial score (nSPS) is 14.3. The number of halogens is 7. The fourth-order valence-corrected chi connectivity index (χ4v) is 1.77. The summed E-state index contributed by atoms with van der Waals surface area (Å²) in [4.78, 5) is 22.6.